The summed E-state index contributed by atoms with van der Waals surface area (Å²) in [5, 5.41) is 10.1. The first-order chi connectivity index (χ1) is 16.5. The number of carbonyl (C=O) groups is 2. The van der Waals surface area contributed by atoms with Gasteiger partial charge in [-0.1, -0.05) is 6.07 Å². The van der Waals surface area contributed by atoms with Crippen molar-refractivity contribution in [3.63, 3.8) is 0 Å². The lowest BCUT2D eigenvalue weighted by molar-refractivity contribution is 0.0681. The van der Waals surface area contributed by atoms with Crippen molar-refractivity contribution in [1.82, 2.24) is 0 Å². The molecule has 0 saturated carbocycles. The van der Waals surface area contributed by atoms with Crippen LogP contribution < -0.4 is 28.4 Å². The molecule has 0 radical (unpaired) electrons. The molecule has 3 aromatic rings. The summed E-state index contributed by atoms with van der Waals surface area (Å²) < 4.78 is 32.1. The lowest BCUT2D eigenvalue weighted by Gasteiger charge is -2.14. The molecule has 34 heavy (non-hydrogen) atoms. The predicted molar refractivity (Wildman–Crippen MR) is 117 cm³/mol. The van der Waals surface area contributed by atoms with Crippen molar-refractivity contribution in [3.05, 3.63) is 71.3 Å². The van der Waals surface area contributed by atoms with Gasteiger partial charge in [0, 0.05) is 0 Å². The molecule has 9 nitrogen and oxygen atoms in total. The summed E-state index contributed by atoms with van der Waals surface area (Å²) >= 11 is 5.75. The van der Waals surface area contributed by atoms with E-state index in [1.807, 2.05) is 0 Å². The summed E-state index contributed by atoms with van der Waals surface area (Å²) in [6.45, 7) is 0.129. The average Bonchev–Trinajstić information content (AvgIpc) is 3.52. The molecule has 10 heteroatoms. The molecule has 1 N–H and O–H groups in total. The zero-order valence-electron chi connectivity index (χ0n) is 17.5. The molecule has 174 valence electrons. The molecule has 3 aromatic carbocycles. The van der Waals surface area contributed by atoms with Crippen LogP contribution in [0.4, 0.5) is 0 Å². The Bertz CT molecular complexity index is 1270. The van der Waals surface area contributed by atoms with Crippen LogP contribution in [0.25, 0.3) is 0 Å². The average molecular weight is 485 g/mol. The third-order valence-corrected chi connectivity index (χ3v) is 5.41. The Hall–Kier alpha value is -3.95. The fourth-order valence-corrected chi connectivity index (χ4v) is 3.53. The van der Waals surface area contributed by atoms with Crippen molar-refractivity contribution in [2.45, 2.75) is 6.10 Å². The van der Waals surface area contributed by atoms with E-state index >= 15 is 0 Å². The maximum Gasteiger partial charge on any atom is 0.343 e. The van der Waals surface area contributed by atoms with Crippen LogP contribution in [-0.4, -0.2) is 36.5 Å². The van der Waals surface area contributed by atoms with Crippen LogP contribution in [0.15, 0.2) is 54.6 Å². The Morgan fingerprint density at radius 2 is 1.29 bits per heavy atom. The molecule has 0 aliphatic carbocycles. The fraction of sp³-hybridized carbons (Fsp3) is 0.167. The number of benzene rings is 3. The maximum absolute atomic E-state index is 12.8. The van der Waals surface area contributed by atoms with E-state index in [0.29, 0.717) is 28.6 Å². The smallest absolute Gasteiger partial charge is 0.343 e. The molecule has 0 amide bonds. The van der Waals surface area contributed by atoms with Crippen LogP contribution in [0.1, 0.15) is 32.4 Å². The van der Waals surface area contributed by atoms with Crippen molar-refractivity contribution in [3.8, 4) is 34.5 Å². The number of esters is 2. The van der Waals surface area contributed by atoms with Gasteiger partial charge >= 0.3 is 11.9 Å². The molecule has 5 rings (SSSR count). The zero-order chi connectivity index (χ0) is 23.7. The van der Waals surface area contributed by atoms with Crippen LogP contribution in [-0.2, 0) is 0 Å². The lowest BCUT2D eigenvalue weighted by atomic mass is 10.1. The van der Waals surface area contributed by atoms with Gasteiger partial charge in [-0.25, -0.2) is 9.59 Å². The molecule has 0 spiro atoms. The Morgan fingerprint density at radius 1 is 0.765 bits per heavy atom. The molecule has 0 fully saturated rings. The van der Waals surface area contributed by atoms with Gasteiger partial charge in [-0.15, -0.1) is 11.6 Å². The number of carbonyl (C=O) groups excluding carboxylic acids is 2. The van der Waals surface area contributed by atoms with E-state index in [-0.39, 0.29) is 42.1 Å². The summed E-state index contributed by atoms with van der Waals surface area (Å²) in [6.07, 6.45) is -1.01. The zero-order valence-corrected chi connectivity index (χ0v) is 18.2. The number of halogens is 1. The quantitative estimate of drug-likeness (QED) is 0.317. The van der Waals surface area contributed by atoms with Crippen LogP contribution in [0, 0.1) is 0 Å². The number of hydrogen-bond donors (Lipinski definition) is 1. The second-order valence-electron chi connectivity index (χ2n) is 7.29. The minimum absolute atomic E-state index is 0.0257. The number of ether oxygens (including phenoxy) is 6. The molecule has 0 saturated heterocycles. The van der Waals surface area contributed by atoms with Gasteiger partial charge in [-0.2, -0.15) is 0 Å². The Balaban J connectivity index is 1.41. The second-order valence-corrected chi connectivity index (χ2v) is 7.60. The van der Waals surface area contributed by atoms with Gasteiger partial charge in [-0.05, 0) is 54.1 Å². The number of aliphatic hydroxyl groups is 1. The number of alkyl halides is 1. The highest BCUT2D eigenvalue weighted by Gasteiger charge is 2.22. The first kappa shape index (κ1) is 21.9. The van der Waals surface area contributed by atoms with E-state index < -0.39 is 18.0 Å². The monoisotopic (exact) mass is 484 g/mol. The highest BCUT2D eigenvalue weighted by Crippen LogP contribution is 2.36. The van der Waals surface area contributed by atoms with Gasteiger partial charge in [-0.3, -0.25) is 0 Å². The third-order valence-electron chi connectivity index (χ3n) is 5.12. The first-order valence-electron chi connectivity index (χ1n) is 10.1. The number of rotatable bonds is 6. The highest BCUT2D eigenvalue weighted by molar-refractivity contribution is 6.18. The SMILES string of the molecule is O=C(Oc1ccc(C(O)CCl)cc1OC(=O)c1ccc2c(c1)OCO2)c1ccc2c(c1)OCO2. The molecule has 1 unspecified atom stereocenters. The van der Waals surface area contributed by atoms with Gasteiger partial charge in [0.1, 0.15) is 0 Å². The van der Waals surface area contributed by atoms with E-state index in [1.54, 1.807) is 12.1 Å². The van der Waals surface area contributed by atoms with Crippen molar-refractivity contribution in [1.29, 1.82) is 0 Å². The van der Waals surface area contributed by atoms with Crippen molar-refractivity contribution < 1.29 is 43.1 Å². The molecule has 2 aliphatic rings. The summed E-state index contributed by atoms with van der Waals surface area (Å²) in [6, 6.07) is 13.5. The summed E-state index contributed by atoms with van der Waals surface area (Å²) in [5.41, 5.74) is 0.786. The molecular weight excluding hydrogens is 468 g/mol. The Kier molecular flexibility index (Phi) is 5.87. The van der Waals surface area contributed by atoms with Crippen molar-refractivity contribution >= 4 is 23.5 Å². The van der Waals surface area contributed by atoms with Crippen LogP contribution in [0.3, 0.4) is 0 Å². The molecule has 1 atom stereocenters. The van der Waals surface area contributed by atoms with E-state index in [2.05, 4.69) is 0 Å². The molecule has 2 aliphatic heterocycles. The standard InChI is InChI=1S/C24H17ClO9/c25-10-16(26)13-1-6-19(33-23(27)14-2-4-17-20(8-14)31-11-29-17)22(7-13)34-24(28)15-3-5-18-21(9-15)32-12-30-18/h1-9,16,26H,10-12H2. The van der Waals surface area contributed by atoms with Gasteiger partial charge < -0.3 is 33.5 Å². The van der Waals surface area contributed by atoms with E-state index in [9.17, 15) is 14.7 Å². The van der Waals surface area contributed by atoms with Crippen molar-refractivity contribution in [2.24, 2.45) is 0 Å². The summed E-state index contributed by atoms with van der Waals surface area (Å²) in [4.78, 5) is 25.6. The Labute approximate surface area is 198 Å². The van der Waals surface area contributed by atoms with Crippen LogP contribution in [0.5, 0.6) is 34.5 Å². The number of hydrogen-bond acceptors (Lipinski definition) is 9. The van der Waals surface area contributed by atoms with E-state index in [0.717, 1.165) is 0 Å². The topological polar surface area (TPSA) is 110 Å². The van der Waals surface area contributed by atoms with Gasteiger partial charge in [0.25, 0.3) is 0 Å². The minimum atomic E-state index is -1.01. The van der Waals surface area contributed by atoms with Crippen LogP contribution >= 0.6 is 11.6 Å². The van der Waals surface area contributed by atoms with Gasteiger partial charge in [0.2, 0.25) is 13.6 Å². The van der Waals surface area contributed by atoms with E-state index in [1.165, 1.54) is 42.5 Å². The maximum atomic E-state index is 12.8. The minimum Gasteiger partial charge on any atom is -0.454 e. The van der Waals surface area contributed by atoms with Gasteiger partial charge in [0.05, 0.1) is 23.1 Å². The number of fused-ring (bicyclic) bond motifs is 2. The predicted octanol–water partition coefficient (Wildman–Crippen LogP) is 3.85. The molecule has 2 heterocycles. The lowest BCUT2D eigenvalue weighted by Crippen LogP contribution is -2.13. The number of aliphatic hydroxyl groups excluding tert-OH is 1. The van der Waals surface area contributed by atoms with Crippen LogP contribution in [0.2, 0.25) is 0 Å². The first-order valence-corrected chi connectivity index (χ1v) is 10.7. The normalized spacial score (nSPS) is 13.9. The van der Waals surface area contributed by atoms with E-state index in [4.69, 9.17) is 40.0 Å². The molecular formula is C24H17ClO9. The molecule has 0 aromatic heterocycles. The fourth-order valence-electron chi connectivity index (χ4n) is 3.35. The largest absolute Gasteiger partial charge is 0.454 e. The summed E-state index contributed by atoms with van der Waals surface area (Å²) in [7, 11) is 0. The third kappa shape index (κ3) is 4.30. The Morgan fingerprint density at radius 3 is 1.85 bits per heavy atom. The highest BCUT2D eigenvalue weighted by atomic mass is 35.5. The molecule has 0 bridgehead atoms. The second kappa shape index (κ2) is 9.12. The summed E-state index contributed by atoms with van der Waals surface area (Å²) in [5.74, 6) is 0.267. The van der Waals surface area contributed by atoms with Gasteiger partial charge in [0.15, 0.2) is 34.5 Å². The van der Waals surface area contributed by atoms with Crippen molar-refractivity contribution in [2.75, 3.05) is 19.5 Å².